The van der Waals surface area contributed by atoms with Crippen molar-refractivity contribution in [3.63, 3.8) is 0 Å². The molecule has 4 aromatic rings. The zero-order valence-corrected chi connectivity index (χ0v) is 16.9. The summed E-state index contributed by atoms with van der Waals surface area (Å²) in [6.45, 7) is -0.423. The van der Waals surface area contributed by atoms with Gasteiger partial charge in [-0.1, -0.05) is 18.2 Å². The molecule has 0 atom stereocenters. The van der Waals surface area contributed by atoms with Crippen LogP contribution in [0.3, 0.4) is 0 Å². The fraction of sp³-hybridized carbons (Fsp3) is 0.130. The third-order valence-electron chi connectivity index (χ3n) is 4.73. The molecular weight excluding hydrogens is 419 g/mol. The number of alkyl halides is 3. The van der Waals surface area contributed by atoms with Crippen LogP contribution in [0.1, 0.15) is 22.5 Å². The second-order valence-corrected chi connectivity index (χ2v) is 6.92. The van der Waals surface area contributed by atoms with Gasteiger partial charge in [0.15, 0.2) is 0 Å². The average Bonchev–Trinajstić information content (AvgIpc) is 3.25. The van der Waals surface area contributed by atoms with Gasteiger partial charge in [-0.3, -0.25) is 9.20 Å². The second-order valence-electron chi connectivity index (χ2n) is 6.92. The fourth-order valence-electron chi connectivity index (χ4n) is 3.24. The largest absolute Gasteiger partial charge is 0.382 e. The van der Waals surface area contributed by atoms with Gasteiger partial charge in [-0.05, 0) is 48.5 Å². The van der Waals surface area contributed by atoms with Crippen molar-refractivity contribution in [2.75, 3.05) is 29.2 Å². The first-order valence-electron chi connectivity index (χ1n) is 9.88. The molecule has 0 bridgehead atoms. The Morgan fingerprint density at radius 2 is 1.72 bits per heavy atom. The summed E-state index contributed by atoms with van der Waals surface area (Å²) in [6.07, 6.45) is -1.35. The minimum Gasteiger partial charge on any atom is -0.382 e. The summed E-state index contributed by atoms with van der Waals surface area (Å²) in [6, 6.07) is 19.0. The van der Waals surface area contributed by atoms with Crippen LogP contribution >= 0.6 is 0 Å². The highest BCUT2D eigenvalue weighted by Gasteiger charge is 2.14. The molecule has 0 aliphatic carbocycles. The van der Waals surface area contributed by atoms with Crippen LogP contribution in [0.2, 0.25) is 0 Å². The van der Waals surface area contributed by atoms with Crippen molar-refractivity contribution in [3.05, 3.63) is 84.2 Å². The number of halogens is 3. The molecule has 0 aliphatic heterocycles. The van der Waals surface area contributed by atoms with Crippen molar-refractivity contribution < 1.29 is 18.0 Å². The number of para-hydroxylation sites is 1. The van der Waals surface area contributed by atoms with Crippen molar-refractivity contribution in [2.45, 2.75) is 6.43 Å². The van der Waals surface area contributed by atoms with E-state index < -0.39 is 13.1 Å². The quantitative estimate of drug-likeness (QED) is 0.332. The van der Waals surface area contributed by atoms with E-state index in [0.717, 1.165) is 0 Å². The lowest BCUT2D eigenvalue weighted by Gasteiger charge is -2.12. The summed E-state index contributed by atoms with van der Waals surface area (Å²) in [7, 11) is 0. The molecule has 4 rings (SSSR count). The monoisotopic (exact) mass is 439 g/mol. The van der Waals surface area contributed by atoms with E-state index in [0.29, 0.717) is 34.1 Å². The van der Waals surface area contributed by atoms with Gasteiger partial charge < -0.3 is 16.0 Å². The van der Waals surface area contributed by atoms with Crippen molar-refractivity contribution in [1.29, 1.82) is 0 Å². The molecule has 32 heavy (non-hydrogen) atoms. The van der Waals surface area contributed by atoms with Gasteiger partial charge in [0.2, 0.25) is 0 Å². The molecule has 0 radical (unpaired) electrons. The molecule has 0 saturated heterocycles. The summed E-state index contributed by atoms with van der Waals surface area (Å²) in [5.74, 6) is 0.252. The maximum Gasteiger partial charge on any atom is 0.281 e. The number of aromatic nitrogens is 2. The van der Waals surface area contributed by atoms with Crippen molar-refractivity contribution in [2.24, 2.45) is 0 Å². The molecule has 0 aliphatic rings. The van der Waals surface area contributed by atoms with Crippen molar-refractivity contribution in [1.82, 2.24) is 9.38 Å². The molecule has 2 aromatic heterocycles. The van der Waals surface area contributed by atoms with E-state index in [1.54, 1.807) is 71.1 Å². The maximum absolute atomic E-state index is 13.0. The number of nitrogens with one attached hydrogen (secondary N) is 3. The van der Waals surface area contributed by atoms with Crippen LogP contribution in [0.25, 0.3) is 5.65 Å². The van der Waals surface area contributed by atoms with Gasteiger partial charge >= 0.3 is 0 Å². The summed E-state index contributed by atoms with van der Waals surface area (Å²) in [5, 5.41) is 8.87. The van der Waals surface area contributed by atoms with Gasteiger partial charge in [0.25, 0.3) is 12.3 Å². The van der Waals surface area contributed by atoms with E-state index in [1.165, 1.54) is 6.20 Å². The number of anilines is 4. The Hall–Kier alpha value is -4.01. The van der Waals surface area contributed by atoms with Crippen molar-refractivity contribution in [3.8, 4) is 0 Å². The van der Waals surface area contributed by atoms with E-state index >= 15 is 0 Å². The zero-order chi connectivity index (χ0) is 22.5. The first-order chi connectivity index (χ1) is 15.5. The van der Waals surface area contributed by atoms with E-state index in [1.807, 2.05) is 0 Å². The van der Waals surface area contributed by atoms with Crippen LogP contribution < -0.4 is 16.0 Å². The number of rotatable bonds is 8. The second kappa shape index (κ2) is 9.42. The van der Waals surface area contributed by atoms with E-state index in [2.05, 4.69) is 20.9 Å². The van der Waals surface area contributed by atoms with Crippen molar-refractivity contribution >= 4 is 34.4 Å². The predicted octanol–water partition coefficient (Wildman–Crippen LogP) is 5.65. The number of hydrogen-bond donors (Lipinski definition) is 3. The number of benzene rings is 2. The molecule has 0 saturated carbocycles. The van der Waals surface area contributed by atoms with Crippen LogP contribution in [0.4, 0.5) is 36.1 Å². The molecule has 2 heterocycles. The Kier molecular flexibility index (Phi) is 6.25. The predicted molar refractivity (Wildman–Crippen MR) is 119 cm³/mol. The van der Waals surface area contributed by atoms with E-state index in [4.69, 9.17) is 0 Å². The molecule has 6 nitrogen and oxygen atoms in total. The molecule has 9 heteroatoms. The third kappa shape index (κ3) is 4.66. The number of pyridine rings is 1. The van der Waals surface area contributed by atoms with Crippen LogP contribution in [0.5, 0.6) is 0 Å². The Balaban J connectivity index is 1.48. The van der Waals surface area contributed by atoms with Crippen LogP contribution in [-0.4, -0.2) is 28.5 Å². The van der Waals surface area contributed by atoms with Gasteiger partial charge in [0, 0.05) is 29.8 Å². The van der Waals surface area contributed by atoms with Gasteiger partial charge in [0.05, 0.1) is 5.56 Å². The lowest BCUT2D eigenvalue weighted by atomic mass is 10.1. The smallest absolute Gasteiger partial charge is 0.281 e. The van der Waals surface area contributed by atoms with Gasteiger partial charge in [-0.25, -0.2) is 18.2 Å². The number of fused-ring (bicyclic) bond motifs is 1. The maximum atomic E-state index is 13.0. The number of nitrogens with zero attached hydrogens (tertiary/aromatic N) is 2. The molecule has 1 amide bonds. The van der Waals surface area contributed by atoms with Crippen LogP contribution in [-0.2, 0) is 0 Å². The third-order valence-corrected chi connectivity index (χ3v) is 4.73. The summed E-state index contributed by atoms with van der Waals surface area (Å²) in [4.78, 5) is 16.6. The SMILES string of the molecule is O=C(Nc1ccc(Nc2cccc3nc(C(F)F)cn23)cc1)c1ccccc1NCCF. The van der Waals surface area contributed by atoms with Gasteiger partial charge in [-0.15, -0.1) is 0 Å². The van der Waals surface area contributed by atoms with Crippen LogP contribution in [0.15, 0.2) is 72.9 Å². The zero-order valence-electron chi connectivity index (χ0n) is 16.9. The number of imidazole rings is 1. The lowest BCUT2D eigenvalue weighted by molar-refractivity contribution is 0.102. The average molecular weight is 439 g/mol. The van der Waals surface area contributed by atoms with Crippen LogP contribution in [0, 0.1) is 0 Å². The van der Waals surface area contributed by atoms with Gasteiger partial charge in [0.1, 0.15) is 23.8 Å². The molecule has 3 N–H and O–H groups in total. The van der Waals surface area contributed by atoms with Gasteiger partial charge in [-0.2, -0.15) is 0 Å². The number of carbonyl (C=O) groups is 1. The standard InChI is InChI=1S/C23H20F3N5O/c24-12-13-27-18-5-2-1-4-17(18)23(32)29-16-10-8-15(9-11-16)28-20-6-3-7-21-30-19(22(25)26)14-31(20)21/h1-11,14,22,27-28H,12-13H2,(H,29,32). The number of hydrogen-bond acceptors (Lipinski definition) is 4. The lowest BCUT2D eigenvalue weighted by Crippen LogP contribution is -2.15. The number of amides is 1. The molecule has 0 fully saturated rings. The van der Waals surface area contributed by atoms with E-state index in [-0.39, 0.29) is 18.1 Å². The summed E-state index contributed by atoms with van der Waals surface area (Å²) < 4.78 is 40.0. The minimum atomic E-state index is -2.65. The molecule has 2 aromatic carbocycles. The summed E-state index contributed by atoms with van der Waals surface area (Å²) >= 11 is 0. The highest BCUT2D eigenvalue weighted by molar-refractivity contribution is 6.08. The Labute approximate surface area is 182 Å². The molecule has 164 valence electrons. The Bertz CT molecular complexity index is 1220. The summed E-state index contributed by atoms with van der Waals surface area (Å²) in [5.41, 5.74) is 2.35. The fourth-order valence-corrected chi connectivity index (χ4v) is 3.24. The Morgan fingerprint density at radius 1 is 0.969 bits per heavy atom. The highest BCUT2D eigenvalue weighted by atomic mass is 19.3. The molecule has 0 spiro atoms. The molecule has 0 unspecified atom stereocenters. The minimum absolute atomic E-state index is 0.118. The Morgan fingerprint density at radius 3 is 2.47 bits per heavy atom. The topological polar surface area (TPSA) is 70.5 Å². The molecular formula is C23H20F3N5O. The first-order valence-corrected chi connectivity index (χ1v) is 9.88. The highest BCUT2D eigenvalue weighted by Crippen LogP contribution is 2.24. The normalized spacial score (nSPS) is 11.0. The first kappa shape index (κ1) is 21.2. The number of carbonyl (C=O) groups excluding carboxylic acids is 1. The van der Waals surface area contributed by atoms with E-state index in [9.17, 15) is 18.0 Å².